The standard InChI is InChI=1S/C14H16O3/c1-9-2-4-10(5-3-9)14(7-17-8-14)12-6-11(12)13(15)16/h2-5,11-12H,6-8H2,1H3,(H,15,16). The number of carbonyl (C=O) groups is 1. The van der Waals surface area contributed by atoms with E-state index in [0.29, 0.717) is 13.2 Å². The van der Waals surface area contributed by atoms with Crippen molar-refractivity contribution >= 4 is 5.97 Å². The molecule has 2 atom stereocenters. The Kier molecular flexibility index (Phi) is 2.26. The summed E-state index contributed by atoms with van der Waals surface area (Å²) >= 11 is 0. The minimum Gasteiger partial charge on any atom is -0.481 e. The molecule has 17 heavy (non-hydrogen) atoms. The Morgan fingerprint density at radius 2 is 2.00 bits per heavy atom. The predicted octanol–water partition coefficient (Wildman–Crippen LogP) is 1.98. The molecule has 1 N–H and O–H groups in total. The van der Waals surface area contributed by atoms with Crippen molar-refractivity contribution < 1.29 is 14.6 Å². The van der Waals surface area contributed by atoms with Gasteiger partial charge in [-0.25, -0.2) is 0 Å². The molecule has 0 radical (unpaired) electrons. The molecule has 1 aromatic carbocycles. The fourth-order valence-electron chi connectivity index (χ4n) is 2.88. The van der Waals surface area contributed by atoms with Crippen LogP contribution in [0, 0.1) is 18.8 Å². The van der Waals surface area contributed by atoms with Gasteiger partial charge in [-0.1, -0.05) is 29.8 Å². The molecule has 1 saturated carbocycles. The van der Waals surface area contributed by atoms with Gasteiger partial charge in [-0.3, -0.25) is 4.79 Å². The van der Waals surface area contributed by atoms with Gasteiger partial charge >= 0.3 is 5.97 Å². The fourth-order valence-corrected chi connectivity index (χ4v) is 2.88. The lowest BCUT2D eigenvalue weighted by Gasteiger charge is -2.42. The van der Waals surface area contributed by atoms with Crippen molar-refractivity contribution in [1.82, 2.24) is 0 Å². The molecule has 3 nitrogen and oxygen atoms in total. The monoisotopic (exact) mass is 232 g/mol. The third-order valence-electron chi connectivity index (χ3n) is 4.16. The van der Waals surface area contributed by atoms with Gasteiger partial charge in [0.15, 0.2) is 0 Å². The van der Waals surface area contributed by atoms with Crippen LogP contribution >= 0.6 is 0 Å². The number of aliphatic carboxylic acids is 1. The zero-order valence-electron chi connectivity index (χ0n) is 9.85. The van der Waals surface area contributed by atoms with Crippen molar-refractivity contribution in [2.75, 3.05) is 13.2 Å². The van der Waals surface area contributed by atoms with Gasteiger partial charge in [-0.05, 0) is 24.8 Å². The number of benzene rings is 1. The lowest BCUT2D eigenvalue weighted by molar-refractivity contribution is -0.140. The van der Waals surface area contributed by atoms with E-state index in [1.54, 1.807) is 0 Å². The molecule has 3 rings (SSSR count). The fraction of sp³-hybridized carbons (Fsp3) is 0.500. The SMILES string of the molecule is Cc1ccc(C2(C3CC3C(=O)O)COC2)cc1. The van der Waals surface area contributed by atoms with Crippen LogP contribution in [0.3, 0.4) is 0 Å². The van der Waals surface area contributed by atoms with Crippen LogP contribution in [0.4, 0.5) is 0 Å². The molecular formula is C14H16O3. The summed E-state index contributed by atoms with van der Waals surface area (Å²) in [7, 11) is 0. The van der Waals surface area contributed by atoms with Gasteiger partial charge in [0, 0.05) is 5.41 Å². The van der Waals surface area contributed by atoms with E-state index in [-0.39, 0.29) is 17.3 Å². The Morgan fingerprint density at radius 1 is 1.35 bits per heavy atom. The van der Waals surface area contributed by atoms with Gasteiger partial charge in [-0.2, -0.15) is 0 Å². The second-order valence-electron chi connectivity index (χ2n) is 5.30. The molecule has 2 unspecified atom stereocenters. The Bertz CT molecular complexity index is 445. The van der Waals surface area contributed by atoms with Crippen molar-refractivity contribution in [2.45, 2.75) is 18.8 Å². The van der Waals surface area contributed by atoms with Gasteiger partial charge in [0.2, 0.25) is 0 Å². The Labute approximate surface area is 100 Å². The zero-order valence-corrected chi connectivity index (χ0v) is 9.85. The number of hydrogen-bond donors (Lipinski definition) is 1. The Balaban J connectivity index is 1.88. The van der Waals surface area contributed by atoms with E-state index < -0.39 is 5.97 Å². The topological polar surface area (TPSA) is 46.5 Å². The maximum absolute atomic E-state index is 11.0. The van der Waals surface area contributed by atoms with Crippen molar-refractivity contribution in [2.24, 2.45) is 11.8 Å². The summed E-state index contributed by atoms with van der Waals surface area (Å²) in [5, 5.41) is 9.06. The first-order valence-corrected chi connectivity index (χ1v) is 6.01. The maximum Gasteiger partial charge on any atom is 0.306 e. The van der Waals surface area contributed by atoms with Gasteiger partial charge in [0.25, 0.3) is 0 Å². The molecular weight excluding hydrogens is 216 g/mol. The van der Waals surface area contributed by atoms with Gasteiger partial charge in [-0.15, -0.1) is 0 Å². The molecule has 1 aliphatic heterocycles. The number of ether oxygens (including phenoxy) is 1. The van der Waals surface area contributed by atoms with E-state index in [4.69, 9.17) is 9.84 Å². The molecule has 0 bridgehead atoms. The second kappa shape index (κ2) is 3.57. The predicted molar refractivity (Wildman–Crippen MR) is 62.9 cm³/mol. The van der Waals surface area contributed by atoms with Crippen molar-refractivity contribution in [1.29, 1.82) is 0 Å². The summed E-state index contributed by atoms with van der Waals surface area (Å²) in [6.07, 6.45) is 0.798. The minimum absolute atomic E-state index is 0.0310. The van der Waals surface area contributed by atoms with Crippen LogP contribution in [-0.2, 0) is 14.9 Å². The highest BCUT2D eigenvalue weighted by atomic mass is 16.5. The van der Waals surface area contributed by atoms with Gasteiger partial charge in [0.1, 0.15) is 0 Å². The Morgan fingerprint density at radius 3 is 2.41 bits per heavy atom. The Hall–Kier alpha value is -1.35. The molecule has 90 valence electrons. The molecule has 2 fully saturated rings. The van der Waals surface area contributed by atoms with E-state index in [0.717, 1.165) is 6.42 Å². The van der Waals surface area contributed by atoms with E-state index >= 15 is 0 Å². The molecule has 1 aliphatic carbocycles. The number of carboxylic acids is 1. The molecule has 2 aliphatic rings. The van der Waals surface area contributed by atoms with Crippen molar-refractivity contribution in [3.63, 3.8) is 0 Å². The van der Waals surface area contributed by atoms with Crippen LogP contribution in [0.5, 0.6) is 0 Å². The first-order valence-electron chi connectivity index (χ1n) is 6.01. The second-order valence-corrected chi connectivity index (χ2v) is 5.30. The van der Waals surface area contributed by atoms with Crippen LogP contribution in [0.2, 0.25) is 0 Å². The van der Waals surface area contributed by atoms with E-state index in [1.165, 1.54) is 11.1 Å². The summed E-state index contributed by atoms with van der Waals surface area (Å²) in [6, 6.07) is 8.42. The summed E-state index contributed by atoms with van der Waals surface area (Å²) in [5.74, 6) is -0.565. The molecule has 0 amide bonds. The smallest absolute Gasteiger partial charge is 0.306 e. The molecule has 1 heterocycles. The molecule has 1 saturated heterocycles. The third kappa shape index (κ3) is 1.57. The quantitative estimate of drug-likeness (QED) is 0.866. The van der Waals surface area contributed by atoms with Crippen molar-refractivity contribution in [3.8, 4) is 0 Å². The lowest BCUT2D eigenvalue weighted by atomic mass is 9.73. The average Bonchev–Trinajstić information content (AvgIpc) is 3.00. The number of aryl methyl sites for hydroxylation is 1. The highest BCUT2D eigenvalue weighted by molar-refractivity contribution is 5.74. The number of carboxylic acid groups (broad SMARTS) is 1. The van der Waals surface area contributed by atoms with Crippen LogP contribution < -0.4 is 0 Å². The zero-order chi connectivity index (χ0) is 12.0. The van der Waals surface area contributed by atoms with E-state index in [2.05, 4.69) is 31.2 Å². The van der Waals surface area contributed by atoms with Crippen LogP contribution in [0.15, 0.2) is 24.3 Å². The van der Waals surface area contributed by atoms with E-state index in [9.17, 15) is 4.79 Å². The van der Waals surface area contributed by atoms with Crippen molar-refractivity contribution in [3.05, 3.63) is 35.4 Å². The number of hydrogen-bond acceptors (Lipinski definition) is 2. The van der Waals surface area contributed by atoms with Crippen LogP contribution in [0.25, 0.3) is 0 Å². The summed E-state index contributed by atoms with van der Waals surface area (Å²) in [4.78, 5) is 11.0. The van der Waals surface area contributed by atoms with Crippen LogP contribution in [0.1, 0.15) is 17.5 Å². The normalized spacial score (nSPS) is 29.5. The summed E-state index contributed by atoms with van der Waals surface area (Å²) in [5.41, 5.74) is 2.44. The number of rotatable bonds is 3. The largest absolute Gasteiger partial charge is 0.481 e. The molecule has 0 spiro atoms. The van der Waals surface area contributed by atoms with Gasteiger partial charge < -0.3 is 9.84 Å². The molecule has 3 heteroatoms. The molecule has 0 aromatic heterocycles. The minimum atomic E-state index is -0.659. The average molecular weight is 232 g/mol. The lowest BCUT2D eigenvalue weighted by Crippen LogP contribution is -2.49. The highest BCUT2D eigenvalue weighted by Gasteiger charge is 2.60. The first-order chi connectivity index (χ1) is 8.13. The van der Waals surface area contributed by atoms with Gasteiger partial charge in [0.05, 0.1) is 19.1 Å². The third-order valence-corrected chi connectivity index (χ3v) is 4.16. The summed E-state index contributed by atoms with van der Waals surface area (Å²) < 4.78 is 5.36. The summed E-state index contributed by atoms with van der Waals surface area (Å²) in [6.45, 7) is 3.40. The molecule has 1 aromatic rings. The first kappa shape index (κ1) is 10.8. The highest BCUT2D eigenvalue weighted by Crippen LogP contribution is 2.55. The van der Waals surface area contributed by atoms with E-state index in [1.807, 2.05) is 0 Å². The van der Waals surface area contributed by atoms with Crippen LogP contribution in [-0.4, -0.2) is 24.3 Å². The maximum atomic E-state index is 11.0.